The topological polar surface area (TPSA) is 120 Å². The van der Waals surface area contributed by atoms with Crippen LogP contribution in [0.2, 0.25) is 0 Å². The molecule has 11 heteroatoms. The predicted molar refractivity (Wildman–Crippen MR) is 147 cm³/mol. The van der Waals surface area contributed by atoms with Crippen LogP contribution in [0.3, 0.4) is 0 Å². The third-order valence-electron chi connectivity index (χ3n) is 7.36. The number of alkyl halides is 1. The quantitative estimate of drug-likeness (QED) is 0.250. The van der Waals surface area contributed by atoms with Crippen molar-refractivity contribution in [1.29, 1.82) is 0 Å². The molecule has 2 aromatic heterocycles. The summed E-state index contributed by atoms with van der Waals surface area (Å²) in [5, 5.41) is 22.5. The van der Waals surface area contributed by atoms with Crippen molar-refractivity contribution in [2.24, 2.45) is 11.8 Å². The molecule has 0 spiro atoms. The van der Waals surface area contributed by atoms with Crippen molar-refractivity contribution in [3.05, 3.63) is 107 Å². The number of rotatable bonds is 9. The number of nitrogen functional groups attached to an aromatic ring is 1. The van der Waals surface area contributed by atoms with E-state index in [1.807, 2.05) is 59.4 Å². The van der Waals surface area contributed by atoms with E-state index in [2.05, 4.69) is 32.5 Å². The number of nitrogens with two attached hydrogens (primary N) is 1. The van der Waals surface area contributed by atoms with E-state index in [1.54, 1.807) is 10.9 Å². The van der Waals surface area contributed by atoms with Crippen LogP contribution >= 0.6 is 0 Å². The monoisotopic (exact) mass is 532 g/mol. The first-order valence-corrected chi connectivity index (χ1v) is 13.1. The SMILES string of the molecule is Nc1cnn(C(c2ccccc2)C2CN(CCF)C2)c1.O=[N+]([O-])c1cnn(C(c2ccccc2)C2CNC2)c1. The lowest BCUT2D eigenvalue weighted by Crippen LogP contribution is -2.51. The molecular formula is C28H33FN8O2. The Morgan fingerprint density at radius 2 is 1.49 bits per heavy atom. The second-order valence-electron chi connectivity index (χ2n) is 10.0. The molecule has 4 aromatic rings. The Morgan fingerprint density at radius 3 is 1.95 bits per heavy atom. The first-order valence-electron chi connectivity index (χ1n) is 13.1. The van der Waals surface area contributed by atoms with Crippen molar-refractivity contribution < 1.29 is 9.31 Å². The summed E-state index contributed by atoms with van der Waals surface area (Å²) in [6.07, 6.45) is 6.36. The van der Waals surface area contributed by atoms with Crippen molar-refractivity contribution in [3.63, 3.8) is 0 Å². The molecule has 2 atom stereocenters. The summed E-state index contributed by atoms with van der Waals surface area (Å²) in [6.45, 7) is 3.88. The number of nitrogens with zero attached hydrogens (tertiary/aromatic N) is 6. The summed E-state index contributed by atoms with van der Waals surface area (Å²) < 4.78 is 16.0. The van der Waals surface area contributed by atoms with Crippen LogP contribution in [0.1, 0.15) is 23.2 Å². The van der Waals surface area contributed by atoms with Gasteiger partial charge in [-0.1, -0.05) is 60.7 Å². The van der Waals surface area contributed by atoms with Gasteiger partial charge in [0.1, 0.15) is 19.1 Å². The lowest BCUT2D eigenvalue weighted by Gasteiger charge is -2.43. The number of anilines is 1. The summed E-state index contributed by atoms with van der Waals surface area (Å²) >= 11 is 0. The number of nitro groups is 1. The first kappa shape index (κ1) is 26.5. The highest BCUT2D eigenvalue weighted by molar-refractivity contribution is 5.32. The maximum Gasteiger partial charge on any atom is 0.307 e. The highest BCUT2D eigenvalue weighted by atomic mass is 19.1. The van der Waals surface area contributed by atoms with Gasteiger partial charge >= 0.3 is 5.69 Å². The molecule has 2 aromatic carbocycles. The van der Waals surface area contributed by atoms with Gasteiger partial charge in [-0.05, 0) is 11.1 Å². The zero-order chi connectivity index (χ0) is 27.2. The van der Waals surface area contributed by atoms with Crippen LogP contribution in [0.5, 0.6) is 0 Å². The van der Waals surface area contributed by atoms with Crippen molar-refractivity contribution in [2.75, 3.05) is 45.1 Å². The fraction of sp³-hybridized carbons (Fsp3) is 0.357. The molecule has 2 aliphatic rings. The van der Waals surface area contributed by atoms with Gasteiger partial charge in [-0.3, -0.25) is 24.4 Å². The molecule has 4 heterocycles. The van der Waals surface area contributed by atoms with E-state index in [4.69, 9.17) is 5.73 Å². The normalized spacial score (nSPS) is 17.4. The second kappa shape index (κ2) is 12.2. The fourth-order valence-corrected chi connectivity index (χ4v) is 5.31. The molecule has 10 nitrogen and oxygen atoms in total. The van der Waals surface area contributed by atoms with Gasteiger partial charge in [-0.2, -0.15) is 10.2 Å². The number of benzene rings is 2. The van der Waals surface area contributed by atoms with Gasteiger partial charge in [0.05, 0.1) is 28.9 Å². The van der Waals surface area contributed by atoms with E-state index in [1.165, 1.54) is 18.0 Å². The van der Waals surface area contributed by atoms with Gasteiger partial charge in [0, 0.05) is 50.8 Å². The average Bonchev–Trinajstić information content (AvgIpc) is 3.56. The summed E-state index contributed by atoms with van der Waals surface area (Å²) in [5.74, 6) is 0.866. The summed E-state index contributed by atoms with van der Waals surface area (Å²) in [5.41, 5.74) is 8.85. The van der Waals surface area contributed by atoms with Crippen molar-refractivity contribution in [2.45, 2.75) is 12.1 Å². The van der Waals surface area contributed by atoms with Crippen LogP contribution in [0.15, 0.2) is 85.5 Å². The minimum atomic E-state index is -0.412. The molecule has 0 bridgehead atoms. The van der Waals surface area contributed by atoms with E-state index >= 15 is 0 Å². The number of likely N-dealkylation sites (tertiary alicyclic amines) is 1. The molecule has 0 radical (unpaired) electrons. The highest BCUT2D eigenvalue weighted by Gasteiger charge is 2.35. The standard InChI is InChI=1S/C15H19FN4.C13H14N4O2/c16-6-7-19-9-13(10-19)15(12-4-2-1-3-5-12)20-11-14(17)8-18-20;18-17(19)12-8-15-16(9-12)13(11-6-14-7-11)10-4-2-1-3-5-10/h1-5,8,11,13,15H,6-7,9-10,17H2;1-5,8-9,11,13-14H,6-7H2. The molecule has 0 aliphatic carbocycles. The zero-order valence-corrected chi connectivity index (χ0v) is 21.6. The maximum atomic E-state index is 12.4. The van der Waals surface area contributed by atoms with Crippen LogP contribution < -0.4 is 11.1 Å². The predicted octanol–water partition coefficient (Wildman–Crippen LogP) is 3.56. The Hall–Kier alpha value is -4.09. The lowest BCUT2D eigenvalue weighted by molar-refractivity contribution is -0.385. The molecule has 204 valence electrons. The molecule has 2 unspecified atom stereocenters. The Balaban J connectivity index is 0.000000158. The van der Waals surface area contributed by atoms with Crippen molar-refractivity contribution >= 4 is 11.4 Å². The second-order valence-corrected chi connectivity index (χ2v) is 10.0. The summed E-state index contributed by atoms with van der Waals surface area (Å²) in [4.78, 5) is 12.5. The van der Waals surface area contributed by atoms with Crippen molar-refractivity contribution in [3.8, 4) is 0 Å². The van der Waals surface area contributed by atoms with Gasteiger partial charge in [0.2, 0.25) is 0 Å². The number of halogens is 1. The van der Waals surface area contributed by atoms with Crippen LogP contribution in [-0.2, 0) is 0 Å². The third kappa shape index (κ3) is 6.15. The number of aromatic nitrogens is 4. The van der Waals surface area contributed by atoms with Gasteiger partial charge in [0.25, 0.3) is 0 Å². The fourth-order valence-electron chi connectivity index (χ4n) is 5.31. The van der Waals surface area contributed by atoms with Crippen molar-refractivity contribution in [1.82, 2.24) is 29.8 Å². The van der Waals surface area contributed by atoms with E-state index < -0.39 is 4.92 Å². The van der Waals surface area contributed by atoms with Crippen LogP contribution in [0.25, 0.3) is 0 Å². The smallest absolute Gasteiger partial charge is 0.307 e. The van der Waals surface area contributed by atoms with Gasteiger partial charge in [-0.25, -0.2) is 4.39 Å². The van der Waals surface area contributed by atoms with Gasteiger partial charge in [0.15, 0.2) is 0 Å². The largest absolute Gasteiger partial charge is 0.396 e. The molecule has 39 heavy (non-hydrogen) atoms. The number of nitrogens with one attached hydrogen (secondary N) is 1. The highest BCUT2D eigenvalue weighted by Crippen LogP contribution is 2.33. The van der Waals surface area contributed by atoms with Crippen LogP contribution in [-0.4, -0.2) is 68.8 Å². The molecule has 2 aliphatic heterocycles. The van der Waals surface area contributed by atoms with E-state index in [0.29, 0.717) is 24.1 Å². The van der Waals surface area contributed by atoms with Crippen LogP contribution in [0.4, 0.5) is 15.8 Å². The summed E-state index contributed by atoms with van der Waals surface area (Å²) in [6, 6.07) is 20.5. The Bertz CT molecular complexity index is 1340. The maximum absolute atomic E-state index is 12.4. The molecule has 2 saturated heterocycles. The molecule has 2 fully saturated rings. The number of hydrogen-bond donors (Lipinski definition) is 2. The van der Waals surface area contributed by atoms with E-state index in [-0.39, 0.29) is 24.4 Å². The minimum absolute atomic E-state index is 0.0354. The van der Waals surface area contributed by atoms with E-state index in [0.717, 1.165) is 31.7 Å². The minimum Gasteiger partial charge on any atom is -0.396 e. The van der Waals surface area contributed by atoms with Gasteiger partial charge < -0.3 is 11.1 Å². The van der Waals surface area contributed by atoms with Gasteiger partial charge in [-0.15, -0.1) is 0 Å². The average molecular weight is 533 g/mol. The summed E-state index contributed by atoms with van der Waals surface area (Å²) in [7, 11) is 0. The number of hydrogen-bond acceptors (Lipinski definition) is 7. The Labute approximate surface area is 226 Å². The molecule has 6 rings (SSSR count). The molecule has 0 saturated carbocycles. The zero-order valence-electron chi connectivity index (χ0n) is 21.6. The van der Waals surface area contributed by atoms with E-state index in [9.17, 15) is 14.5 Å². The Kier molecular flexibility index (Phi) is 8.28. The molecule has 0 amide bonds. The van der Waals surface area contributed by atoms with Crippen LogP contribution in [0, 0.1) is 22.0 Å². The third-order valence-corrected chi connectivity index (χ3v) is 7.36. The molecule has 3 N–H and O–H groups in total. The Morgan fingerprint density at radius 1 is 0.923 bits per heavy atom. The lowest BCUT2D eigenvalue weighted by atomic mass is 9.87. The molecular weight excluding hydrogens is 499 g/mol. The first-order chi connectivity index (χ1) is 19.0.